The van der Waals surface area contributed by atoms with Crippen molar-refractivity contribution in [2.45, 2.75) is 70.5 Å². The Morgan fingerprint density at radius 3 is 2.60 bits per heavy atom. The molecule has 1 saturated heterocycles. The molecule has 2 aliphatic rings. The van der Waals surface area contributed by atoms with Gasteiger partial charge in [-0.25, -0.2) is 4.79 Å². The fraction of sp³-hybridized carbons (Fsp3) is 0.917. The minimum atomic E-state index is 0.177. The molecule has 2 fully saturated rings. The van der Waals surface area contributed by atoms with E-state index in [0.717, 1.165) is 12.8 Å². The van der Waals surface area contributed by atoms with Crippen molar-refractivity contribution in [3.05, 3.63) is 0 Å². The molecule has 0 bridgehead atoms. The van der Waals surface area contributed by atoms with Crippen molar-refractivity contribution in [3.8, 4) is 0 Å². The Morgan fingerprint density at radius 1 is 1.33 bits per heavy atom. The molecular weight excluding hydrogens is 188 g/mol. The Bertz CT molecular complexity index is 238. The third-order valence-corrected chi connectivity index (χ3v) is 3.92. The highest BCUT2D eigenvalue weighted by Gasteiger charge is 2.34. The Labute approximate surface area is 92.2 Å². The van der Waals surface area contributed by atoms with Crippen LogP contribution in [0.2, 0.25) is 0 Å². The summed E-state index contributed by atoms with van der Waals surface area (Å²) in [5.74, 6) is 0. The molecule has 1 heterocycles. The van der Waals surface area contributed by atoms with Gasteiger partial charge in [0, 0.05) is 18.1 Å². The van der Waals surface area contributed by atoms with Gasteiger partial charge in [-0.3, -0.25) is 0 Å². The molecule has 1 aliphatic heterocycles. The van der Waals surface area contributed by atoms with Crippen LogP contribution in [-0.4, -0.2) is 29.1 Å². The predicted octanol–water partition coefficient (Wildman–Crippen LogP) is 2.51. The van der Waals surface area contributed by atoms with E-state index < -0.39 is 0 Å². The fourth-order valence-corrected chi connectivity index (χ4v) is 2.64. The normalized spacial score (nSPS) is 31.5. The average molecular weight is 210 g/mol. The van der Waals surface area contributed by atoms with Crippen LogP contribution in [0.5, 0.6) is 0 Å². The average Bonchev–Trinajstić information content (AvgIpc) is 2.53. The monoisotopic (exact) mass is 210 g/mol. The van der Waals surface area contributed by atoms with E-state index in [1.165, 1.54) is 25.7 Å². The van der Waals surface area contributed by atoms with Crippen LogP contribution in [0.4, 0.5) is 4.79 Å². The smallest absolute Gasteiger partial charge is 0.318 e. The van der Waals surface area contributed by atoms with Crippen LogP contribution >= 0.6 is 0 Å². The molecular formula is C12H22N2O. The van der Waals surface area contributed by atoms with Crippen molar-refractivity contribution in [1.29, 1.82) is 0 Å². The van der Waals surface area contributed by atoms with Gasteiger partial charge in [-0.15, -0.1) is 0 Å². The Balaban J connectivity index is 1.91. The first kappa shape index (κ1) is 10.8. The molecule has 1 aliphatic carbocycles. The molecule has 2 atom stereocenters. The number of carbonyl (C=O) groups excluding carboxylic acids is 1. The first-order valence-corrected chi connectivity index (χ1v) is 6.31. The standard InChI is InChI=1S/C12H22N2O/c1-3-11-8-7-9(2)14(11)12(15)13-10-5-4-6-10/h9-11H,3-8H2,1-2H3,(H,13,15). The van der Waals surface area contributed by atoms with Crippen molar-refractivity contribution in [2.75, 3.05) is 0 Å². The van der Waals surface area contributed by atoms with Crippen molar-refractivity contribution in [1.82, 2.24) is 10.2 Å². The number of amides is 2. The van der Waals surface area contributed by atoms with Gasteiger partial charge in [-0.1, -0.05) is 6.92 Å². The second kappa shape index (κ2) is 4.42. The molecule has 2 amide bonds. The fourth-order valence-electron chi connectivity index (χ4n) is 2.64. The number of carbonyl (C=O) groups is 1. The van der Waals surface area contributed by atoms with E-state index in [9.17, 15) is 4.79 Å². The van der Waals surface area contributed by atoms with Crippen molar-refractivity contribution in [3.63, 3.8) is 0 Å². The SMILES string of the molecule is CCC1CCC(C)N1C(=O)NC1CCC1. The van der Waals surface area contributed by atoms with Crippen LogP contribution in [0.15, 0.2) is 0 Å². The largest absolute Gasteiger partial charge is 0.335 e. The lowest BCUT2D eigenvalue weighted by atomic mass is 9.93. The topological polar surface area (TPSA) is 32.3 Å². The molecule has 15 heavy (non-hydrogen) atoms. The molecule has 0 aromatic heterocycles. The van der Waals surface area contributed by atoms with E-state index in [2.05, 4.69) is 24.1 Å². The summed E-state index contributed by atoms with van der Waals surface area (Å²) in [5.41, 5.74) is 0. The molecule has 1 N–H and O–H groups in total. The number of urea groups is 1. The van der Waals surface area contributed by atoms with Crippen molar-refractivity contribution >= 4 is 6.03 Å². The molecule has 2 unspecified atom stereocenters. The first-order valence-electron chi connectivity index (χ1n) is 6.31. The van der Waals surface area contributed by atoms with Gasteiger partial charge in [0.2, 0.25) is 0 Å². The maximum Gasteiger partial charge on any atom is 0.318 e. The van der Waals surface area contributed by atoms with E-state index >= 15 is 0 Å². The highest BCUT2D eigenvalue weighted by atomic mass is 16.2. The minimum absolute atomic E-state index is 0.177. The van der Waals surface area contributed by atoms with Gasteiger partial charge < -0.3 is 10.2 Å². The zero-order valence-corrected chi connectivity index (χ0v) is 9.83. The Hall–Kier alpha value is -0.730. The molecule has 2 rings (SSSR count). The number of rotatable bonds is 2. The van der Waals surface area contributed by atoms with E-state index in [-0.39, 0.29) is 6.03 Å². The zero-order chi connectivity index (χ0) is 10.8. The number of nitrogens with one attached hydrogen (secondary N) is 1. The van der Waals surface area contributed by atoms with Gasteiger partial charge in [0.05, 0.1) is 0 Å². The second-order valence-electron chi connectivity index (χ2n) is 4.97. The number of hydrogen-bond donors (Lipinski definition) is 1. The number of likely N-dealkylation sites (tertiary alicyclic amines) is 1. The summed E-state index contributed by atoms with van der Waals surface area (Å²) in [6.45, 7) is 4.34. The summed E-state index contributed by atoms with van der Waals surface area (Å²) in [6.07, 6.45) is 7.04. The lowest BCUT2D eigenvalue weighted by molar-refractivity contribution is 0.165. The van der Waals surface area contributed by atoms with Crippen molar-refractivity contribution in [2.24, 2.45) is 0 Å². The van der Waals surface area contributed by atoms with Gasteiger partial charge in [0.25, 0.3) is 0 Å². The molecule has 3 heteroatoms. The summed E-state index contributed by atoms with van der Waals surface area (Å²) in [6, 6.07) is 1.54. The van der Waals surface area contributed by atoms with Gasteiger partial charge in [0.1, 0.15) is 0 Å². The van der Waals surface area contributed by atoms with Crippen LogP contribution in [0, 0.1) is 0 Å². The highest BCUT2D eigenvalue weighted by Crippen LogP contribution is 2.27. The minimum Gasteiger partial charge on any atom is -0.335 e. The molecule has 0 aromatic carbocycles. The van der Waals surface area contributed by atoms with E-state index in [1.807, 2.05) is 0 Å². The predicted molar refractivity (Wildman–Crippen MR) is 60.8 cm³/mol. The lowest BCUT2D eigenvalue weighted by Crippen LogP contribution is -2.50. The summed E-state index contributed by atoms with van der Waals surface area (Å²) < 4.78 is 0. The zero-order valence-electron chi connectivity index (χ0n) is 9.83. The van der Waals surface area contributed by atoms with E-state index in [1.54, 1.807) is 0 Å². The van der Waals surface area contributed by atoms with Gasteiger partial charge in [-0.2, -0.15) is 0 Å². The summed E-state index contributed by atoms with van der Waals surface area (Å²) >= 11 is 0. The van der Waals surface area contributed by atoms with Crippen LogP contribution in [0.1, 0.15) is 52.4 Å². The molecule has 3 nitrogen and oxygen atoms in total. The summed E-state index contributed by atoms with van der Waals surface area (Å²) in [7, 11) is 0. The van der Waals surface area contributed by atoms with Crippen LogP contribution in [0.25, 0.3) is 0 Å². The Morgan fingerprint density at radius 2 is 2.07 bits per heavy atom. The summed E-state index contributed by atoms with van der Waals surface area (Å²) in [4.78, 5) is 14.1. The van der Waals surface area contributed by atoms with Crippen LogP contribution in [-0.2, 0) is 0 Å². The number of hydrogen-bond acceptors (Lipinski definition) is 1. The third-order valence-electron chi connectivity index (χ3n) is 3.92. The first-order chi connectivity index (χ1) is 7.22. The number of nitrogens with zero attached hydrogens (tertiary/aromatic N) is 1. The maximum absolute atomic E-state index is 12.0. The van der Waals surface area contributed by atoms with Gasteiger partial charge >= 0.3 is 6.03 Å². The van der Waals surface area contributed by atoms with Gasteiger partial charge in [0.15, 0.2) is 0 Å². The highest BCUT2D eigenvalue weighted by molar-refractivity contribution is 5.75. The van der Waals surface area contributed by atoms with Gasteiger partial charge in [-0.05, 0) is 45.4 Å². The molecule has 0 radical (unpaired) electrons. The molecule has 86 valence electrons. The molecule has 0 spiro atoms. The van der Waals surface area contributed by atoms with Crippen LogP contribution in [0.3, 0.4) is 0 Å². The maximum atomic E-state index is 12.0. The summed E-state index contributed by atoms with van der Waals surface area (Å²) in [5, 5.41) is 3.14. The van der Waals surface area contributed by atoms with E-state index in [0.29, 0.717) is 18.1 Å². The molecule has 1 saturated carbocycles. The van der Waals surface area contributed by atoms with E-state index in [4.69, 9.17) is 0 Å². The second-order valence-corrected chi connectivity index (χ2v) is 4.97. The molecule has 0 aromatic rings. The third kappa shape index (κ3) is 2.11. The Kier molecular flexibility index (Phi) is 3.17. The van der Waals surface area contributed by atoms with Crippen LogP contribution < -0.4 is 5.32 Å². The van der Waals surface area contributed by atoms with Crippen molar-refractivity contribution < 1.29 is 4.79 Å². The quantitative estimate of drug-likeness (QED) is 0.746. The lowest BCUT2D eigenvalue weighted by Gasteiger charge is -2.33.